The molecular weight excluding hydrogens is 242 g/mol. The zero-order valence-corrected chi connectivity index (χ0v) is 9.99. The molecule has 4 nitrogen and oxygen atoms in total. The Balaban J connectivity index is 2.07. The fourth-order valence-electron chi connectivity index (χ4n) is 1.76. The SMILES string of the molecule is Cc1cccc(Cl)c1NC(=O)[C@@H]1C[C@@H]1C(=O)O. The normalized spacial score (nSPS) is 22.0. The molecule has 1 fully saturated rings. The number of carboxylic acids is 1. The molecule has 0 spiro atoms. The van der Waals surface area contributed by atoms with E-state index in [1.807, 2.05) is 13.0 Å². The quantitative estimate of drug-likeness (QED) is 0.869. The zero-order valence-electron chi connectivity index (χ0n) is 9.24. The Kier molecular flexibility index (Phi) is 3.07. The molecule has 1 aromatic carbocycles. The van der Waals surface area contributed by atoms with Crippen LogP contribution >= 0.6 is 11.6 Å². The highest BCUT2D eigenvalue weighted by Gasteiger charge is 2.48. The third-order valence-corrected chi connectivity index (χ3v) is 3.23. The summed E-state index contributed by atoms with van der Waals surface area (Å²) in [6, 6.07) is 5.32. The van der Waals surface area contributed by atoms with Crippen molar-refractivity contribution in [3.05, 3.63) is 28.8 Å². The average molecular weight is 254 g/mol. The predicted octanol–water partition coefficient (Wildman–Crippen LogP) is 2.31. The molecule has 2 rings (SSSR count). The second kappa shape index (κ2) is 4.37. The maximum absolute atomic E-state index is 11.8. The lowest BCUT2D eigenvalue weighted by Crippen LogP contribution is -2.17. The highest BCUT2D eigenvalue weighted by atomic mass is 35.5. The van der Waals surface area contributed by atoms with E-state index in [2.05, 4.69) is 5.32 Å². The topological polar surface area (TPSA) is 66.4 Å². The van der Waals surface area contributed by atoms with Crippen molar-refractivity contribution >= 4 is 29.2 Å². The molecule has 0 radical (unpaired) electrons. The molecule has 0 unspecified atom stereocenters. The number of nitrogens with one attached hydrogen (secondary N) is 1. The summed E-state index contributed by atoms with van der Waals surface area (Å²) >= 11 is 5.97. The first-order chi connectivity index (χ1) is 8.00. The van der Waals surface area contributed by atoms with E-state index >= 15 is 0 Å². The number of hydrogen-bond acceptors (Lipinski definition) is 2. The summed E-state index contributed by atoms with van der Waals surface area (Å²) < 4.78 is 0. The lowest BCUT2D eigenvalue weighted by molar-refractivity contribution is -0.139. The number of benzene rings is 1. The van der Waals surface area contributed by atoms with Crippen LogP contribution in [0.3, 0.4) is 0 Å². The highest BCUT2D eigenvalue weighted by Crippen LogP contribution is 2.40. The molecule has 0 bridgehead atoms. The maximum atomic E-state index is 11.8. The number of aryl methyl sites for hydroxylation is 1. The Hall–Kier alpha value is -1.55. The fourth-order valence-corrected chi connectivity index (χ4v) is 2.03. The molecule has 1 aromatic rings. The summed E-state index contributed by atoms with van der Waals surface area (Å²) in [7, 11) is 0. The van der Waals surface area contributed by atoms with E-state index in [-0.39, 0.29) is 5.91 Å². The number of aliphatic carboxylic acids is 1. The smallest absolute Gasteiger partial charge is 0.307 e. The Morgan fingerprint density at radius 2 is 2.12 bits per heavy atom. The monoisotopic (exact) mass is 253 g/mol. The number of halogens is 1. The number of carbonyl (C=O) groups is 2. The van der Waals surface area contributed by atoms with E-state index < -0.39 is 17.8 Å². The highest BCUT2D eigenvalue weighted by molar-refractivity contribution is 6.34. The van der Waals surface area contributed by atoms with Crippen molar-refractivity contribution in [3.8, 4) is 0 Å². The largest absolute Gasteiger partial charge is 0.481 e. The van der Waals surface area contributed by atoms with Gasteiger partial charge in [-0.3, -0.25) is 9.59 Å². The van der Waals surface area contributed by atoms with E-state index in [4.69, 9.17) is 16.7 Å². The summed E-state index contributed by atoms with van der Waals surface area (Å²) in [5, 5.41) is 11.9. The molecule has 2 atom stereocenters. The summed E-state index contributed by atoms with van der Waals surface area (Å²) in [6.07, 6.45) is 0.407. The van der Waals surface area contributed by atoms with E-state index in [9.17, 15) is 9.59 Å². The minimum absolute atomic E-state index is 0.270. The summed E-state index contributed by atoms with van der Waals surface area (Å²) in [5.74, 6) is -2.16. The van der Waals surface area contributed by atoms with Gasteiger partial charge in [0.1, 0.15) is 0 Å². The van der Waals surface area contributed by atoms with Crippen LogP contribution in [-0.4, -0.2) is 17.0 Å². The van der Waals surface area contributed by atoms with Crippen LogP contribution in [0.25, 0.3) is 0 Å². The van der Waals surface area contributed by atoms with Crippen molar-refractivity contribution in [1.29, 1.82) is 0 Å². The Bertz CT molecular complexity index is 466. The fraction of sp³-hybridized carbons (Fsp3) is 0.333. The summed E-state index contributed by atoms with van der Waals surface area (Å²) in [5.41, 5.74) is 1.42. The molecule has 1 aliphatic carbocycles. The van der Waals surface area contributed by atoms with Crippen molar-refractivity contribution in [3.63, 3.8) is 0 Å². The molecule has 2 N–H and O–H groups in total. The van der Waals surface area contributed by atoms with Crippen LogP contribution in [0.15, 0.2) is 18.2 Å². The van der Waals surface area contributed by atoms with Gasteiger partial charge in [-0.15, -0.1) is 0 Å². The summed E-state index contributed by atoms with van der Waals surface area (Å²) in [6.45, 7) is 1.84. The van der Waals surface area contributed by atoms with Crippen LogP contribution in [-0.2, 0) is 9.59 Å². The number of hydrogen-bond donors (Lipinski definition) is 2. The number of carbonyl (C=O) groups excluding carboxylic acids is 1. The van der Waals surface area contributed by atoms with Crippen LogP contribution < -0.4 is 5.32 Å². The number of carboxylic acid groups (broad SMARTS) is 1. The Morgan fingerprint density at radius 3 is 2.65 bits per heavy atom. The van der Waals surface area contributed by atoms with Crippen molar-refractivity contribution < 1.29 is 14.7 Å². The molecule has 1 saturated carbocycles. The van der Waals surface area contributed by atoms with Gasteiger partial charge >= 0.3 is 5.97 Å². The molecule has 0 heterocycles. The van der Waals surface area contributed by atoms with Gasteiger partial charge < -0.3 is 10.4 Å². The van der Waals surface area contributed by atoms with Crippen molar-refractivity contribution in [1.82, 2.24) is 0 Å². The molecule has 90 valence electrons. The van der Waals surface area contributed by atoms with Gasteiger partial charge in [-0.25, -0.2) is 0 Å². The van der Waals surface area contributed by atoms with E-state index in [1.165, 1.54) is 0 Å². The number of rotatable bonds is 3. The van der Waals surface area contributed by atoms with Gasteiger partial charge in [0.05, 0.1) is 22.5 Å². The van der Waals surface area contributed by atoms with Crippen molar-refractivity contribution in [2.75, 3.05) is 5.32 Å². The standard InChI is InChI=1S/C12H12ClNO3/c1-6-3-2-4-9(13)10(6)14-11(15)7-5-8(7)12(16)17/h2-4,7-8H,5H2,1H3,(H,14,15)(H,16,17)/t7-,8+/m1/s1. The van der Waals surface area contributed by atoms with Gasteiger partial charge in [-0.2, -0.15) is 0 Å². The van der Waals surface area contributed by atoms with Gasteiger partial charge in [-0.1, -0.05) is 23.7 Å². The van der Waals surface area contributed by atoms with Gasteiger partial charge in [0, 0.05) is 0 Å². The van der Waals surface area contributed by atoms with Crippen molar-refractivity contribution in [2.45, 2.75) is 13.3 Å². The first kappa shape index (κ1) is 11.9. The van der Waals surface area contributed by atoms with E-state index in [0.717, 1.165) is 5.56 Å². The van der Waals surface area contributed by atoms with E-state index in [1.54, 1.807) is 12.1 Å². The zero-order chi connectivity index (χ0) is 12.6. The van der Waals surface area contributed by atoms with Crippen molar-refractivity contribution in [2.24, 2.45) is 11.8 Å². The molecular formula is C12H12ClNO3. The van der Waals surface area contributed by atoms with Gasteiger partial charge in [0.15, 0.2) is 0 Å². The minimum Gasteiger partial charge on any atom is -0.481 e. The number of amides is 1. The number of anilines is 1. The summed E-state index contributed by atoms with van der Waals surface area (Å²) in [4.78, 5) is 22.4. The minimum atomic E-state index is -0.916. The lowest BCUT2D eigenvalue weighted by atomic mass is 10.2. The average Bonchev–Trinajstić information content (AvgIpc) is 3.03. The van der Waals surface area contributed by atoms with Gasteiger partial charge in [0.2, 0.25) is 5.91 Å². The molecule has 17 heavy (non-hydrogen) atoms. The second-order valence-corrected chi connectivity index (χ2v) is 4.62. The van der Waals surface area contributed by atoms with Crippen LogP contribution in [0.4, 0.5) is 5.69 Å². The third kappa shape index (κ3) is 2.42. The maximum Gasteiger partial charge on any atom is 0.307 e. The Morgan fingerprint density at radius 1 is 1.41 bits per heavy atom. The molecule has 0 saturated heterocycles. The Labute approximate surface area is 104 Å². The molecule has 1 aliphatic rings. The second-order valence-electron chi connectivity index (χ2n) is 4.21. The first-order valence-electron chi connectivity index (χ1n) is 5.29. The number of para-hydroxylation sites is 1. The van der Waals surface area contributed by atoms with E-state index in [0.29, 0.717) is 17.1 Å². The first-order valence-corrected chi connectivity index (χ1v) is 5.67. The van der Waals surface area contributed by atoms with Crippen LogP contribution in [0.5, 0.6) is 0 Å². The molecule has 1 amide bonds. The molecule has 0 aliphatic heterocycles. The van der Waals surface area contributed by atoms with Crippen LogP contribution in [0, 0.1) is 18.8 Å². The molecule has 5 heteroatoms. The van der Waals surface area contributed by atoms with Gasteiger partial charge in [-0.05, 0) is 25.0 Å². The van der Waals surface area contributed by atoms with Crippen LogP contribution in [0.1, 0.15) is 12.0 Å². The predicted molar refractivity (Wildman–Crippen MR) is 64.1 cm³/mol. The third-order valence-electron chi connectivity index (χ3n) is 2.91. The van der Waals surface area contributed by atoms with Crippen LogP contribution in [0.2, 0.25) is 5.02 Å². The lowest BCUT2D eigenvalue weighted by Gasteiger charge is -2.09. The molecule has 0 aromatic heterocycles. The van der Waals surface area contributed by atoms with Gasteiger partial charge in [0.25, 0.3) is 0 Å².